The second-order valence-electron chi connectivity index (χ2n) is 7.69. The van der Waals surface area contributed by atoms with Crippen molar-refractivity contribution in [3.05, 3.63) is 93.3 Å². The van der Waals surface area contributed by atoms with Crippen molar-refractivity contribution in [2.75, 3.05) is 16.2 Å². The molecule has 4 rings (SSSR count). The zero-order valence-corrected chi connectivity index (χ0v) is 18.4. The smallest absolute Gasteiger partial charge is 0.272 e. The van der Waals surface area contributed by atoms with Crippen molar-refractivity contribution >= 4 is 33.0 Å². The predicted octanol–water partition coefficient (Wildman–Crippen LogP) is 4.44. The molecule has 33 heavy (non-hydrogen) atoms. The maximum atomic E-state index is 13.2. The lowest BCUT2D eigenvalue weighted by atomic mass is 10.0. The van der Waals surface area contributed by atoms with Crippen molar-refractivity contribution in [2.45, 2.75) is 24.7 Å². The van der Waals surface area contributed by atoms with Crippen LogP contribution in [0, 0.1) is 22.9 Å². The molecule has 3 aromatic rings. The molecule has 10 heteroatoms. The third kappa shape index (κ3) is 4.42. The van der Waals surface area contributed by atoms with Crippen LogP contribution in [0.3, 0.4) is 0 Å². The highest BCUT2D eigenvalue weighted by molar-refractivity contribution is 7.92. The molecule has 1 amide bonds. The largest absolute Gasteiger partial charge is 0.322 e. The van der Waals surface area contributed by atoms with E-state index in [2.05, 4.69) is 5.32 Å². The highest BCUT2D eigenvalue weighted by Crippen LogP contribution is 2.34. The molecule has 0 spiro atoms. The number of rotatable bonds is 5. The highest BCUT2D eigenvalue weighted by atomic mass is 32.2. The van der Waals surface area contributed by atoms with Gasteiger partial charge in [-0.05, 0) is 79.9 Å². The van der Waals surface area contributed by atoms with Gasteiger partial charge in [0.2, 0.25) is 0 Å². The number of halogens is 1. The van der Waals surface area contributed by atoms with Gasteiger partial charge in [0.05, 0.1) is 15.5 Å². The van der Waals surface area contributed by atoms with E-state index in [9.17, 15) is 27.7 Å². The van der Waals surface area contributed by atoms with Crippen molar-refractivity contribution in [3.8, 4) is 0 Å². The number of hydrogen-bond acceptors (Lipinski definition) is 5. The number of amides is 1. The summed E-state index contributed by atoms with van der Waals surface area (Å²) in [5, 5.41) is 13.7. The first-order valence-electron chi connectivity index (χ1n) is 10.1. The van der Waals surface area contributed by atoms with Crippen LogP contribution in [0.5, 0.6) is 0 Å². The molecule has 0 saturated heterocycles. The standard InChI is InChI=1S/C23H20FN3O5S/c1-15-13-17(4-10-21(15)27(29)30)23(28)25-19-7-11-22-16(14-19)3-2-12-26(22)33(31,32)20-8-5-18(24)6-9-20/h4-11,13-14H,2-3,12H2,1H3,(H,25,28). The van der Waals surface area contributed by atoms with E-state index in [1.807, 2.05) is 0 Å². The number of carbonyl (C=O) groups excluding carboxylic acids is 1. The first-order chi connectivity index (χ1) is 15.7. The summed E-state index contributed by atoms with van der Waals surface area (Å²) < 4.78 is 40.7. The molecule has 1 heterocycles. The fourth-order valence-electron chi connectivity index (χ4n) is 3.83. The molecule has 0 unspecified atom stereocenters. The monoisotopic (exact) mass is 469 g/mol. The fourth-order valence-corrected chi connectivity index (χ4v) is 5.37. The van der Waals surface area contributed by atoms with E-state index in [0.717, 1.165) is 17.7 Å². The molecule has 8 nitrogen and oxygen atoms in total. The van der Waals surface area contributed by atoms with Gasteiger partial charge in [0.15, 0.2) is 0 Å². The Morgan fingerprint density at radius 1 is 1.09 bits per heavy atom. The molecule has 1 aliphatic heterocycles. The number of carbonyl (C=O) groups is 1. The Morgan fingerprint density at radius 3 is 2.48 bits per heavy atom. The summed E-state index contributed by atoms with van der Waals surface area (Å²) in [6, 6.07) is 13.8. The van der Waals surface area contributed by atoms with Crippen molar-refractivity contribution in [1.29, 1.82) is 0 Å². The van der Waals surface area contributed by atoms with Gasteiger partial charge in [0.1, 0.15) is 5.82 Å². The van der Waals surface area contributed by atoms with Crippen LogP contribution in [0.4, 0.5) is 21.5 Å². The average Bonchev–Trinajstić information content (AvgIpc) is 2.78. The lowest BCUT2D eigenvalue weighted by Gasteiger charge is -2.31. The zero-order valence-electron chi connectivity index (χ0n) is 17.6. The third-order valence-electron chi connectivity index (χ3n) is 5.47. The van der Waals surface area contributed by atoms with Crippen molar-refractivity contribution in [3.63, 3.8) is 0 Å². The van der Waals surface area contributed by atoms with Crippen LogP contribution >= 0.6 is 0 Å². The van der Waals surface area contributed by atoms with Gasteiger partial charge in [-0.2, -0.15) is 0 Å². The van der Waals surface area contributed by atoms with Gasteiger partial charge >= 0.3 is 0 Å². The summed E-state index contributed by atoms with van der Waals surface area (Å²) >= 11 is 0. The summed E-state index contributed by atoms with van der Waals surface area (Å²) in [5.74, 6) is -0.948. The number of aryl methyl sites for hydroxylation is 2. The van der Waals surface area contributed by atoms with E-state index < -0.39 is 26.7 Å². The Hall–Kier alpha value is -3.79. The van der Waals surface area contributed by atoms with E-state index in [-0.39, 0.29) is 16.1 Å². The second-order valence-corrected chi connectivity index (χ2v) is 9.55. The quantitative estimate of drug-likeness (QED) is 0.439. The first kappa shape index (κ1) is 22.4. The molecule has 1 N–H and O–H groups in total. The molecule has 0 radical (unpaired) electrons. The number of anilines is 2. The van der Waals surface area contributed by atoms with Crippen molar-refractivity contribution < 1.29 is 22.5 Å². The van der Waals surface area contributed by atoms with Crippen LogP contribution < -0.4 is 9.62 Å². The summed E-state index contributed by atoms with van der Waals surface area (Å²) in [5.41, 5.74) is 2.33. The molecular formula is C23H20FN3O5S. The van der Waals surface area contributed by atoms with Gasteiger partial charge < -0.3 is 5.32 Å². The summed E-state index contributed by atoms with van der Waals surface area (Å²) in [4.78, 5) is 23.1. The molecule has 0 aromatic heterocycles. The lowest BCUT2D eigenvalue weighted by molar-refractivity contribution is -0.385. The minimum absolute atomic E-state index is 0.00247. The van der Waals surface area contributed by atoms with Gasteiger partial charge in [0, 0.05) is 29.4 Å². The molecule has 3 aromatic carbocycles. The number of nitro benzene ring substituents is 1. The highest BCUT2D eigenvalue weighted by Gasteiger charge is 2.29. The SMILES string of the molecule is Cc1cc(C(=O)Nc2ccc3c(c2)CCCN3S(=O)(=O)c2ccc(F)cc2)ccc1[N+](=O)[O-]. The number of hydrogen-bond donors (Lipinski definition) is 1. The normalized spacial score (nSPS) is 13.3. The zero-order chi connectivity index (χ0) is 23.8. The average molecular weight is 469 g/mol. The Labute approximate surface area is 189 Å². The van der Waals surface area contributed by atoms with Crippen molar-refractivity contribution in [1.82, 2.24) is 0 Å². The van der Waals surface area contributed by atoms with E-state index in [4.69, 9.17) is 0 Å². The molecule has 0 fully saturated rings. The Morgan fingerprint density at radius 2 is 1.82 bits per heavy atom. The van der Waals surface area contributed by atoms with Crippen LogP contribution in [0.15, 0.2) is 65.6 Å². The third-order valence-corrected chi connectivity index (χ3v) is 7.30. The van der Waals surface area contributed by atoms with E-state index in [0.29, 0.717) is 36.3 Å². The van der Waals surface area contributed by atoms with Gasteiger partial charge in [0.25, 0.3) is 21.6 Å². The fraction of sp³-hybridized carbons (Fsp3) is 0.174. The van der Waals surface area contributed by atoms with E-state index >= 15 is 0 Å². The van der Waals surface area contributed by atoms with E-state index in [1.54, 1.807) is 25.1 Å². The van der Waals surface area contributed by atoms with E-state index in [1.165, 1.54) is 34.6 Å². The molecule has 1 aliphatic rings. The minimum Gasteiger partial charge on any atom is -0.322 e. The summed E-state index contributed by atoms with van der Waals surface area (Å²) in [7, 11) is -3.86. The number of benzene rings is 3. The van der Waals surface area contributed by atoms with Gasteiger partial charge in [-0.1, -0.05) is 0 Å². The van der Waals surface area contributed by atoms with Crippen molar-refractivity contribution in [2.24, 2.45) is 0 Å². The summed E-state index contributed by atoms with van der Waals surface area (Å²) in [6.07, 6.45) is 1.22. The molecule has 0 atom stereocenters. The lowest BCUT2D eigenvalue weighted by Crippen LogP contribution is -2.35. The minimum atomic E-state index is -3.86. The predicted molar refractivity (Wildman–Crippen MR) is 121 cm³/mol. The molecule has 0 aliphatic carbocycles. The summed E-state index contributed by atoms with van der Waals surface area (Å²) in [6.45, 7) is 1.85. The van der Waals surface area contributed by atoms with Gasteiger partial charge in [-0.25, -0.2) is 12.8 Å². The van der Waals surface area contributed by atoms with Gasteiger partial charge in [-0.3, -0.25) is 19.2 Å². The van der Waals surface area contributed by atoms with Crippen LogP contribution in [0.2, 0.25) is 0 Å². The number of sulfonamides is 1. The first-order valence-corrected chi connectivity index (χ1v) is 11.6. The Balaban J connectivity index is 1.58. The van der Waals surface area contributed by atoms with Crippen LogP contribution in [0.25, 0.3) is 0 Å². The number of nitro groups is 1. The molecular weight excluding hydrogens is 449 g/mol. The van der Waals surface area contributed by atoms with Gasteiger partial charge in [-0.15, -0.1) is 0 Å². The maximum absolute atomic E-state index is 13.2. The topological polar surface area (TPSA) is 110 Å². The number of nitrogens with zero attached hydrogens (tertiary/aromatic N) is 2. The molecule has 170 valence electrons. The number of fused-ring (bicyclic) bond motifs is 1. The molecule has 0 bridgehead atoms. The Kier molecular flexibility index (Phi) is 5.86. The van der Waals surface area contributed by atoms with Crippen LogP contribution in [-0.2, 0) is 16.4 Å². The Bertz CT molecular complexity index is 1360. The maximum Gasteiger partial charge on any atom is 0.272 e. The number of nitrogens with one attached hydrogen (secondary N) is 1. The van der Waals surface area contributed by atoms with Crippen LogP contribution in [-0.4, -0.2) is 25.8 Å². The second kappa shape index (κ2) is 8.62. The van der Waals surface area contributed by atoms with Crippen LogP contribution in [0.1, 0.15) is 27.9 Å². The molecule has 0 saturated carbocycles.